The Morgan fingerprint density at radius 3 is 2.19 bits per heavy atom. The van der Waals surface area contributed by atoms with Crippen molar-refractivity contribution >= 4 is 17.4 Å². The number of aromatic nitrogens is 4. The topological polar surface area (TPSA) is 64.0 Å². The summed E-state index contributed by atoms with van der Waals surface area (Å²) < 4.78 is 9.82. The number of ether oxygens (including phenoxy) is 1. The molecule has 3 rings (SSSR count). The molecule has 6 nitrogen and oxygen atoms in total. The summed E-state index contributed by atoms with van der Waals surface area (Å²) in [6.45, 7) is 10.3. The van der Waals surface area contributed by atoms with Crippen LogP contribution in [0, 0.1) is 6.92 Å². The van der Waals surface area contributed by atoms with Gasteiger partial charge in [-0.2, -0.15) is 4.37 Å². The van der Waals surface area contributed by atoms with Crippen molar-refractivity contribution in [3.8, 4) is 16.5 Å². The van der Waals surface area contributed by atoms with Crippen LogP contribution in [0.25, 0.3) is 10.7 Å². The van der Waals surface area contributed by atoms with Gasteiger partial charge in [0.15, 0.2) is 17.6 Å². The highest BCUT2D eigenvalue weighted by atomic mass is 32.1. The Morgan fingerprint density at radius 1 is 0.962 bits per heavy atom. The molecule has 0 aliphatic heterocycles. The molecule has 0 aliphatic rings. The maximum atomic E-state index is 5.68. The summed E-state index contributed by atoms with van der Waals surface area (Å²) in [4.78, 5) is 6.18. The first-order valence-corrected chi connectivity index (χ1v) is 9.53. The van der Waals surface area contributed by atoms with Gasteiger partial charge in [-0.25, -0.2) is 4.98 Å². The molecule has 0 radical (unpaired) electrons. The Bertz CT molecular complexity index is 731. The van der Waals surface area contributed by atoms with Crippen LogP contribution >= 0.6 is 11.5 Å². The zero-order chi connectivity index (χ0) is 19.4. The molecule has 26 heavy (non-hydrogen) atoms. The zero-order valence-electron chi connectivity index (χ0n) is 16.3. The lowest BCUT2D eigenvalue weighted by molar-refractivity contribution is 0.319. The third-order valence-electron chi connectivity index (χ3n) is 2.96. The van der Waals surface area contributed by atoms with E-state index in [0.717, 1.165) is 28.1 Å². The minimum atomic E-state index is 0.399. The minimum Gasteiger partial charge on any atom is -0.473 e. The highest BCUT2D eigenvalue weighted by Gasteiger charge is 2.08. The van der Waals surface area contributed by atoms with Crippen molar-refractivity contribution in [2.45, 2.75) is 34.6 Å². The second-order valence-corrected chi connectivity index (χ2v) is 5.46. The van der Waals surface area contributed by atoms with Gasteiger partial charge < -0.3 is 9.64 Å². The lowest BCUT2D eigenvalue weighted by atomic mass is 10.3. The molecule has 140 valence electrons. The van der Waals surface area contributed by atoms with Gasteiger partial charge in [-0.3, -0.25) is 0 Å². The van der Waals surface area contributed by atoms with Crippen LogP contribution in [0.15, 0.2) is 42.5 Å². The van der Waals surface area contributed by atoms with Crippen molar-refractivity contribution in [2.75, 3.05) is 18.7 Å². The molecule has 0 unspecified atom stereocenters. The second kappa shape index (κ2) is 11.9. The molecule has 0 atom stereocenters. The normalized spacial score (nSPS) is 9.31. The van der Waals surface area contributed by atoms with E-state index in [-0.39, 0.29) is 0 Å². The first kappa shape index (κ1) is 21.5. The molecule has 7 heteroatoms. The van der Waals surface area contributed by atoms with Crippen molar-refractivity contribution < 1.29 is 4.74 Å². The van der Waals surface area contributed by atoms with Gasteiger partial charge in [0, 0.05) is 7.05 Å². The summed E-state index contributed by atoms with van der Waals surface area (Å²) in [7, 11) is 1.90. The van der Waals surface area contributed by atoms with Gasteiger partial charge in [-0.1, -0.05) is 45.9 Å². The van der Waals surface area contributed by atoms with E-state index < -0.39 is 0 Å². The van der Waals surface area contributed by atoms with E-state index in [4.69, 9.17) is 4.74 Å². The van der Waals surface area contributed by atoms with E-state index in [2.05, 4.69) is 19.6 Å². The van der Waals surface area contributed by atoms with Crippen LogP contribution < -0.4 is 9.64 Å². The number of hydrogen-bond donors (Lipinski definition) is 0. The van der Waals surface area contributed by atoms with E-state index in [9.17, 15) is 0 Å². The molecular weight excluding hydrogens is 346 g/mol. The van der Waals surface area contributed by atoms with Crippen molar-refractivity contribution in [2.24, 2.45) is 0 Å². The third kappa shape index (κ3) is 6.40. The molecular formula is C19H27N5OS. The standard InChI is InChI=1S/C15H15N5OS.2C2H6/c1-11-16-15(22-19-11)13-8-9-14(18-17-13)20(2)10-21-12-6-4-3-5-7-12;2*1-2/h3-9H,10H2,1-2H3;2*1-2H3. The smallest absolute Gasteiger partial charge is 0.164 e. The fourth-order valence-electron chi connectivity index (χ4n) is 1.80. The lowest BCUT2D eigenvalue weighted by Gasteiger charge is -2.18. The van der Waals surface area contributed by atoms with Crippen LogP contribution in [-0.4, -0.2) is 33.3 Å². The number of hydrogen-bond acceptors (Lipinski definition) is 7. The van der Waals surface area contributed by atoms with E-state index in [1.165, 1.54) is 11.5 Å². The second-order valence-electron chi connectivity index (χ2n) is 4.71. The van der Waals surface area contributed by atoms with Gasteiger partial charge in [0.2, 0.25) is 0 Å². The Balaban J connectivity index is 0.000000791. The first-order valence-electron chi connectivity index (χ1n) is 8.76. The van der Waals surface area contributed by atoms with E-state index >= 15 is 0 Å². The fraction of sp³-hybridized carbons (Fsp3) is 0.368. The van der Waals surface area contributed by atoms with E-state index in [1.807, 2.05) is 89.0 Å². The summed E-state index contributed by atoms with van der Waals surface area (Å²) >= 11 is 1.32. The molecule has 0 N–H and O–H groups in total. The average Bonchev–Trinajstić information content (AvgIpc) is 3.16. The highest BCUT2D eigenvalue weighted by molar-refractivity contribution is 7.09. The van der Waals surface area contributed by atoms with Gasteiger partial charge >= 0.3 is 0 Å². The Morgan fingerprint density at radius 2 is 1.65 bits per heavy atom. The zero-order valence-corrected chi connectivity index (χ0v) is 17.1. The van der Waals surface area contributed by atoms with Crippen molar-refractivity contribution in [1.29, 1.82) is 0 Å². The minimum absolute atomic E-state index is 0.399. The summed E-state index contributed by atoms with van der Waals surface area (Å²) in [6, 6.07) is 13.5. The highest BCUT2D eigenvalue weighted by Crippen LogP contribution is 2.20. The average molecular weight is 374 g/mol. The van der Waals surface area contributed by atoms with Crippen LogP contribution in [0.5, 0.6) is 5.75 Å². The van der Waals surface area contributed by atoms with E-state index in [1.54, 1.807) is 0 Å². The van der Waals surface area contributed by atoms with Gasteiger partial charge in [0.25, 0.3) is 0 Å². The van der Waals surface area contributed by atoms with Crippen LogP contribution in [0.4, 0.5) is 5.82 Å². The molecule has 1 aromatic carbocycles. The largest absolute Gasteiger partial charge is 0.473 e. The van der Waals surface area contributed by atoms with Crippen LogP contribution in [-0.2, 0) is 0 Å². The summed E-state index contributed by atoms with van der Waals surface area (Å²) in [5.74, 6) is 2.31. The maximum absolute atomic E-state index is 5.68. The Kier molecular flexibility index (Phi) is 9.86. The quantitative estimate of drug-likeness (QED) is 0.597. The number of anilines is 1. The van der Waals surface area contributed by atoms with Crippen LogP contribution in [0.3, 0.4) is 0 Å². The van der Waals surface area contributed by atoms with Gasteiger partial charge in [-0.15, -0.1) is 10.2 Å². The van der Waals surface area contributed by atoms with Crippen LogP contribution in [0.2, 0.25) is 0 Å². The van der Waals surface area contributed by atoms with E-state index in [0.29, 0.717) is 6.73 Å². The predicted molar refractivity (Wildman–Crippen MR) is 109 cm³/mol. The summed E-state index contributed by atoms with van der Waals surface area (Å²) in [5.41, 5.74) is 0.728. The molecule has 0 bridgehead atoms. The number of benzene rings is 1. The first-order chi connectivity index (χ1) is 12.7. The van der Waals surface area contributed by atoms with Crippen LogP contribution in [0.1, 0.15) is 33.5 Å². The molecule has 3 aromatic rings. The number of nitrogens with zero attached hydrogens (tertiary/aromatic N) is 5. The lowest BCUT2D eigenvalue weighted by Crippen LogP contribution is -2.24. The molecule has 2 aromatic heterocycles. The molecule has 0 saturated carbocycles. The van der Waals surface area contributed by atoms with Crippen molar-refractivity contribution in [1.82, 2.24) is 19.6 Å². The summed E-state index contributed by atoms with van der Waals surface area (Å²) in [6.07, 6.45) is 0. The molecule has 2 heterocycles. The monoisotopic (exact) mass is 373 g/mol. The number of para-hydroxylation sites is 1. The van der Waals surface area contributed by atoms with Crippen molar-refractivity contribution in [3.63, 3.8) is 0 Å². The molecule has 0 aliphatic carbocycles. The predicted octanol–water partition coefficient (Wildman–Crippen LogP) is 4.83. The fourth-order valence-corrected chi connectivity index (χ4v) is 2.43. The maximum Gasteiger partial charge on any atom is 0.164 e. The Hall–Kier alpha value is -2.54. The molecule has 0 spiro atoms. The number of aryl methyl sites for hydroxylation is 1. The summed E-state index contributed by atoms with van der Waals surface area (Å²) in [5, 5.41) is 9.19. The molecule has 0 saturated heterocycles. The molecule has 0 amide bonds. The van der Waals surface area contributed by atoms with Crippen molar-refractivity contribution in [3.05, 3.63) is 48.3 Å². The third-order valence-corrected chi connectivity index (χ3v) is 3.79. The molecule has 0 fully saturated rings. The van der Waals surface area contributed by atoms with Gasteiger partial charge in [-0.05, 0) is 42.7 Å². The van der Waals surface area contributed by atoms with Gasteiger partial charge in [0.1, 0.15) is 17.3 Å². The Labute approximate surface area is 160 Å². The number of rotatable bonds is 5. The SMILES string of the molecule is CC.CC.Cc1nsc(-c2ccc(N(C)COc3ccccc3)nn2)n1. The van der Waals surface area contributed by atoms with Gasteiger partial charge in [0.05, 0.1) is 0 Å².